The zero-order chi connectivity index (χ0) is 13.5. The van der Waals surface area contributed by atoms with Gasteiger partial charge in [0, 0.05) is 12.6 Å². The third kappa shape index (κ3) is 1.89. The molecule has 4 amide bonds. The van der Waals surface area contributed by atoms with Crippen LogP contribution < -0.4 is 11.1 Å². The Bertz CT molecular complexity index is 409. The lowest BCUT2D eigenvalue weighted by Crippen LogP contribution is -2.69. The summed E-state index contributed by atoms with van der Waals surface area (Å²) in [5.74, 6) is -0.310. The predicted octanol–water partition coefficient (Wildman–Crippen LogP) is -1.12. The van der Waals surface area contributed by atoms with E-state index in [1.54, 1.807) is 4.90 Å². The van der Waals surface area contributed by atoms with Gasteiger partial charge in [-0.25, -0.2) is 4.79 Å². The highest BCUT2D eigenvalue weighted by Gasteiger charge is 2.52. The first kappa shape index (κ1) is 12.7. The topological polar surface area (TPSA) is 95.7 Å². The lowest BCUT2D eigenvalue weighted by atomic mass is 9.93. The van der Waals surface area contributed by atoms with Crippen LogP contribution in [0.15, 0.2) is 0 Å². The van der Waals surface area contributed by atoms with Gasteiger partial charge in [0.15, 0.2) is 0 Å². The number of amides is 4. The third-order valence-electron chi connectivity index (χ3n) is 3.57. The number of carbonyl (C=O) groups is 3. The molecule has 2 fully saturated rings. The van der Waals surface area contributed by atoms with Gasteiger partial charge in [-0.2, -0.15) is 0 Å². The molecule has 2 rings (SSSR count). The highest BCUT2D eigenvalue weighted by molar-refractivity contribution is 5.99. The second kappa shape index (κ2) is 4.15. The molecule has 0 aromatic heterocycles. The fourth-order valence-corrected chi connectivity index (χ4v) is 2.55. The van der Waals surface area contributed by atoms with Crippen LogP contribution >= 0.6 is 0 Å². The molecular weight excluding hydrogens is 236 g/mol. The Morgan fingerprint density at radius 1 is 1.44 bits per heavy atom. The lowest BCUT2D eigenvalue weighted by Gasteiger charge is -2.41. The molecule has 2 aliphatic rings. The predicted molar refractivity (Wildman–Crippen MR) is 63.5 cm³/mol. The molecule has 0 aromatic rings. The molecule has 1 spiro atoms. The minimum atomic E-state index is -0.978. The van der Waals surface area contributed by atoms with Crippen molar-refractivity contribution in [3.8, 4) is 0 Å². The number of hydrogen-bond donors (Lipinski definition) is 2. The highest BCUT2D eigenvalue weighted by atomic mass is 16.2. The minimum Gasteiger partial charge on any atom is -0.351 e. The number of rotatable bonds is 1. The molecule has 2 heterocycles. The number of piperazine rings is 1. The second-order valence-electron chi connectivity index (χ2n) is 5.17. The zero-order valence-electron chi connectivity index (χ0n) is 10.6. The standard InChI is InChI=1S/C11H18N4O3/c1-7(2)15-5-8(16)13-11(9(15)17)3-4-14(6-11)10(12)18/h7H,3-6H2,1-2H3,(H2,12,18)(H,13,16). The molecule has 0 aliphatic carbocycles. The largest absolute Gasteiger partial charge is 0.351 e. The first-order valence-corrected chi connectivity index (χ1v) is 6.02. The minimum absolute atomic E-state index is 0.0388. The molecule has 3 N–H and O–H groups in total. The van der Waals surface area contributed by atoms with Gasteiger partial charge in [-0.05, 0) is 20.3 Å². The smallest absolute Gasteiger partial charge is 0.314 e. The van der Waals surface area contributed by atoms with Crippen molar-refractivity contribution in [2.75, 3.05) is 19.6 Å². The van der Waals surface area contributed by atoms with Gasteiger partial charge in [-0.1, -0.05) is 0 Å². The van der Waals surface area contributed by atoms with E-state index in [1.807, 2.05) is 13.8 Å². The van der Waals surface area contributed by atoms with E-state index in [-0.39, 0.29) is 30.9 Å². The molecule has 0 saturated carbocycles. The number of nitrogens with one attached hydrogen (secondary N) is 1. The Morgan fingerprint density at radius 2 is 2.11 bits per heavy atom. The van der Waals surface area contributed by atoms with E-state index >= 15 is 0 Å². The van der Waals surface area contributed by atoms with Crippen LogP contribution in [0.2, 0.25) is 0 Å². The quantitative estimate of drug-likeness (QED) is 0.620. The van der Waals surface area contributed by atoms with Crippen LogP contribution in [0.3, 0.4) is 0 Å². The number of nitrogens with two attached hydrogens (primary N) is 1. The summed E-state index contributed by atoms with van der Waals surface area (Å²) in [5.41, 5.74) is 4.23. The summed E-state index contributed by atoms with van der Waals surface area (Å²) < 4.78 is 0. The summed E-state index contributed by atoms with van der Waals surface area (Å²) in [6, 6.07) is -0.598. The number of likely N-dealkylation sites (tertiary alicyclic amines) is 1. The molecule has 2 saturated heterocycles. The van der Waals surface area contributed by atoms with E-state index in [4.69, 9.17) is 5.73 Å². The molecule has 7 nitrogen and oxygen atoms in total. The molecule has 0 aromatic carbocycles. The van der Waals surface area contributed by atoms with Gasteiger partial charge >= 0.3 is 6.03 Å². The maximum absolute atomic E-state index is 12.4. The molecule has 100 valence electrons. The van der Waals surface area contributed by atoms with Crippen molar-refractivity contribution in [1.29, 1.82) is 0 Å². The first-order valence-electron chi connectivity index (χ1n) is 6.02. The Hall–Kier alpha value is -1.79. The first-order chi connectivity index (χ1) is 8.35. The molecule has 0 radical (unpaired) electrons. The van der Waals surface area contributed by atoms with Crippen molar-refractivity contribution in [2.45, 2.75) is 31.8 Å². The van der Waals surface area contributed by atoms with Crippen LogP contribution in [0.5, 0.6) is 0 Å². The number of nitrogens with zero attached hydrogens (tertiary/aromatic N) is 2. The van der Waals surface area contributed by atoms with Gasteiger partial charge < -0.3 is 20.9 Å². The van der Waals surface area contributed by atoms with Crippen molar-refractivity contribution in [3.63, 3.8) is 0 Å². The van der Waals surface area contributed by atoms with E-state index < -0.39 is 11.6 Å². The second-order valence-corrected chi connectivity index (χ2v) is 5.17. The fraction of sp³-hybridized carbons (Fsp3) is 0.727. The van der Waals surface area contributed by atoms with Crippen LogP contribution in [0.25, 0.3) is 0 Å². The SMILES string of the molecule is CC(C)N1CC(=O)NC2(CCN(C(N)=O)C2)C1=O. The van der Waals surface area contributed by atoms with Crippen LogP contribution in [-0.2, 0) is 9.59 Å². The van der Waals surface area contributed by atoms with Crippen LogP contribution in [0.4, 0.5) is 4.79 Å². The number of primary amides is 1. The van der Waals surface area contributed by atoms with Gasteiger partial charge in [0.2, 0.25) is 5.91 Å². The normalized spacial score (nSPS) is 28.2. The third-order valence-corrected chi connectivity index (χ3v) is 3.57. The summed E-state index contributed by atoms with van der Waals surface area (Å²) in [4.78, 5) is 38.2. The van der Waals surface area contributed by atoms with Gasteiger partial charge in [-0.15, -0.1) is 0 Å². The number of carbonyl (C=O) groups excluding carboxylic acids is 3. The van der Waals surface area contributed by atoms with Crippen molar-refractivity contribution < 1.29 is 14.4 Å². The Balaban J connectivity index is 2.24. The summed E-state index contributed by atoms with van der Waals surface area (Å²) in [6.07, 6.45) is 0.420. The van der Waals surface area contributed by atoms with E-state index in [0.717, 1.165) is 0 Å². The summed E-state index contributed by atoms with van der Waals surface area (Å²) in [7, 11) is 0. The van der Waals surface area contributed by atoms with E-state index in [9.17, 15) is 14.4 Å². The fourth-order valence-electron chi connectivity index (χ4n) is 2.55. The van der Waals surface area contributed by atoms with Crippen LogP contribution in [0.1, 0.15) is 20.3 Å². The van der Waals surface area contributed by atoms with Crippen molar-refractivity contribution in [2.24, 2.45) is 5.73 Å². The maximum Gasteiger partial charge on any atom is 0.314 e. The Labute approximate surface area is 105 Å². The van der Waals surface area contributed by atoms with Crippen molar-refractivity contribution in [1.82, 2.24) is 15.1 Å². The van der Waals surface area contributed by atoms with Crippen molar-refractivity contribution in [3.05, 3.63) is 0 Å². The van der Waals surface area contributed by atoms with Gasteiger partial charge in [-0.3, -0.25) is 9.59 Å². The summed E-state index contributed by atoms with van der Waals surface area (Å²) in [5, 5.41) is 2.73. The lowest BCUT2D eigenvalue weighted by molar-refractivity contribution is -0.151. The molecule has 2 aliphatic heterocycles. The average Bonchev–Trinajstić information content (AvgIpc) is 2.68. The number of urea groups is 1. The summed E-state index contributed by atoms with van der Waals surface area (Å²) in [6.45, 7) is 4.37. The maximum atomic E-state index is 12.4. The molecule has 1 atom stereocenters. The van der Waals surface area contributed by atoms with Crippen LogP contribution in [-0.4, -0.2) is 58.9 Å². The van der Waals surface area contributed by atoms with Crippen LogP contribution in [0, 0.1) is 0 Å². The molecule has 0 bridgehead atoms. The van der Waals surface area contributed by atoms with Gasteiger partial charge in [0.1, 0.15) is 5.54 Å². The van der Waals surface area contributed by atoms with Gasteiger partial charge in [0.25, 0.3) is 5.91 Å². The monoisotopic (exact) mass is 254 g/mol. The molecule has 1 unspecified atom stereocenters. The van der Waals surface area contributed by atoms with Gasteiger partial charge in [0.05, 0.1) is 13.1 Å². The Kier molecular flexibility index (Phi) is 2.92. The molecule has 7 heteroatoms. The molecule has 18 heavy (non-hydrogen) atoms. The van der Waals surface area contributed by atoms with E-state index in [1.165, 1.54) is 4.90 Å². The van der Waals surface area contributed by atoms with Crippen molar-refractivity contribution >= 4 is 17.8 Å². The van der Waals surface area contributed by atoms with E-state index in [0.29, 0.717) is 13.0 Å². The van der Waals surface area contributed by atoms with E-state index in [2.05, 4.69) is 5.32 Å². The number of hydrogen-bond acceptors (Lipinski definition) is 3. The summed E-state index contributed by atoms with van der Waals surface area (Å²) >= 11 is 0. The molecular formula is C11H18N4O3. The highest BCUT2D eigenvalue weighted by Crippen LogP contribution is 2.27. The average molecular weight is 254 g/mol. The Morgan fingerprint density at radius 3 is 2.61 bits per heavy atom. The zero-order valence-corrected chi connectivity index (χ0v) is 10.6.